The van der Waals surface area contributed by atoms with E-state index < -0.39 is 0 Å². The van der Waals surface area contributed by atoms with Crippen molar-refractivity contribution in [3.63, 3.8) is 0 Å². The van der Waals surface area contributed by atoms with Crippen LogP contribution in [-0.2, 0) is 4.79 Å². The molecule has 3 atom stereocenters. The van der Waals surface area contributed by atoms with Crippen molar-refractivity contribution in [2.24, 2.45) is 0 Å². The first-order valence-electron chi connectivity index (χ1n) is 8.95. The second-order valence-electron chi connectivity index (χ2n) is 6.87. The molecule has 0 bridgehead atoms. The minimum atomic E-state index is 0.0564. The SMILES string of the molecule is C[C@@H]1CCC[C@H](C)N1CCCCNC(=O)C1CCCCN1. The lowest BCUT2D eigenvalue weighted by molar-refractivity contribution is -0.123. The lowest BCUT2D eigenvalue weighted by Gasteiger charge is -2.39. The van der Waals surface area contributed by atoms with Crippen molar-refractivity contribution in [3.8, 4) is 0 Å². The number of hydrogen-bond donors (Lipinski definition) is 2. The fourth-order valence-electron chi connectivity index (χ4n) is 3.75. The van der Waals surface area contributed by atoms with E-state index in [0.29, 0.717) is 0 Å². The molecular weight excluding hydrogens is 262 g/mol. The summed E-state index contributed by atoms with van der Waals surface area (Å²) in [7, 11) is 0. The molecule has 0 spiro atoms. The quantitative estimate of drug-likeness (QED) is 0.739. The topological polar surface area (TPSA) is 44.4 Å². The number of carbonyl (C=O) groups excluding carboxylic acids is 1. The molecule has 4 nitrogen and oxygen atoms in total. The molecule has 4 heteroatoms. The molecule has 2 rings (SSSR count). The van der Waals surface area contributed by atoms with E-state index in [9.17, 15) is 4.79 Å². The first kappa shape index (κ1) is 16.8. The van der Waals surface area contributed by atoms with Crippen LogP contribution in [0.1, 0.15) is 65.2 Å². The number of nitrogens with one attached hydrogen (secondary N) is 2. The highest BCUT2D eigenvalue weighted by molar-refractivity contribution is 5.81. The van der Waals surface area contributed by atoms with Crippen LogP contribution >= 0.6 is 0 Å². The smallest absolute Gasteiger partial charge is 0.237 e. The van der Waals surface area contributed by atoms with E-state index in [1.165, 1.54) is 45.1 Å². The maximum atomic E-state index is 12.0. The molecule has 122 valence electrons. The van der Waals surface area contributed by atoms with E-state index in [2.05, 4.69) is 29.4 Å². The number of nitrogens with zero attached hydrogens (tertiary/aromatic N) is 1. The summed E-state index contributed by atoms with van der Waals surface area (Å²) in [6.07, 6.45) is 9.72. The summed E-state index contributed by atoms with van der Waals surface area (Å²) in [5.41, 5.74) is 0. The van der Waals surface area contributed by atoms with Crippen LogP contribution in [0.3, 0.4) is 0 Å². The molecule has 2 aliphatic heterocycles. The minimum absolute atomic E-state index is 0.0564. The van der Waals surface area contributed by atoms with E-state index in [4.69, 9.17) is 0 Å². The number of unbranched alkanes of at least 4 members (excludes halogenated alkanes) is 1. The third-order valence-electron chi connectivity index (χ3n) is 5.15. The van der Waals surface area contributed by atoms with Gasteiger partial charge in [0.05, 0.1) is 6.04 Å². The zero-order valence-electron chi connectivity index (χ0n) is 13.9. The van der Waals surface area contributed by atoms with Gasteiger partial charge in [0.25, 0.3) is 0 Å². The van der Waals surface area contributed by atoms with Gasteiger partial charge in [0.15, 0.2) is 0 Å². The monoisotopic (exact) mass is 295 g/mol. The summed E-state index contributed by atoms with van der Waals surface area (Å²) in [5, 5.41) is 6.40. The Labute approximate surface area is 130 Å². The van der Waals surface area contributed by atoms with Crippen molar-refractivity contribution in [2.45, 2.75) is 83.3 Å². The van der Waals surface area contributed by atoms with Crippen LogP contribution in [0.15, 0.2) is 0 Å². The van der Waals surface area contributed by atoms with Crippen LogP contribution in [0.25, 0.3) is 0 Å². The zero-order chi connectivity index (χ0) is 15.1. The van der Waals surface area contributed by atoms with Crippen LogP contribution in [-0.4, -0.2) is 48.6 Å². The highest BCUT2D eigenvalue weighted by Gasteiger charge is 2.24. The van der Waals surface area contributed by atoms with Crippen molar-refractivity contribution < 1.29 is 4.79 Å². The number of likely N-dealkylation sites (tertiary alicyclic amines) is 1. The first-order valence-corrected chi connectivity index (χ1v) is 8.95. The van der Waals surface area contributed by atoms with Crippen molar-refractivity contribution >= 4 is 5.91 Å². The van der Waals surface area contributed by atoms with Gasteiger partial charge in [-0.25, -0.2) is 0 Å². The van der Waals surface area contributed by atoms with Gasteiger partial charge in [0.2, 0.25) is 5.91 Å². The van der Waals surface area contributed by atoms with E-state index in [-0.39, 0.29) is 11.9 Å². The number of hydrogen-bond acceptors (Lipinski definition) is 3. The third kappa shape index (κ3) is 5.26. The molecule has 0 aromatic rings. The number of rotatable bonds is 6. The van der Waals surface area contributed by atoms with Gasteiger partial charge in [-0.15, -0.1) is 0 Å². The molecule has 0 saturated carbocycles. The molecule has 0 aromatic heterocycles. The highest BCUT2D eigenvalue weighted by atomic mass is 16.2. The predicted octanol–water partition coefficient (Wildman–Crippen LogP) is 2.29. The molecule has 1 unspecified atom stereocenters. The second-order valence-corrected chi connectivity index (χ2v) is 6.87. The lowest BCUT2D eigenvalue weighted by atomic mass is 9.97. The van der Waals surface area contributed by atoms with E-state index in [1.54, 1.807) is 0 Å². The molecule has 2 saturated heterocycles. The van der Waals surface area contributed by atoms with E-state index in [1.807, 2.05) is 0 Å². The van der Waals surface area contributed by atoms with Crippen LogP contribution < -0.4 is 10.6 Å². The Morgan fingerprint density at radius 3 is 2.52 bits per heavy atom. The van der Waals surface area contributed by atoms with Gasteiger partial charge in [-0.2, -0.15) is 0 Å². The molecular formula is C17H33N3O. The Balaban J connectivity index is 1.56. The van der Waals surface area contributed by atoms with Gasteiger partial charge in [-0.1, -0.05) is 12.8 Å². The molecule has 0 aliphatic carbocycles. The second kappa shape index (κ2) is 8.74. The third-order valence-corrected chi connectivity index (χ3v) is 5.15. The fraction of sp³-hybridized carbons (Fsp3) is 0.941. The minimum Gasteiger partial charge on any atom is -0.355 e. The maximum absolute atomic E-state index is 12.0. The van der Waals surface area contributed by atoms with Gasteiger partial charge in [0.1, 0.15) is 0 Å². The van der Waals surface area contributed by atoms with Crippen LogP contribution in [0, 0.1) is 0 Å². The number of amides is 1. The van der Waals surface area contributed by atoms with Gasteiger partial charge in [-0.05, 0) is 65.5 Å². The summed E-state index contributed by atoms with van der Waals surface area (Å²) in [6, 6.07) is 1.52. The van der Waals surface area contributed by atoms with Gasteiger partial charge >= 0.3 is 0 Å². The van der Waals surface area contributed by atoms with Crippen molar-refractivity contribution in [1.29, 1.82) is 0 Å². The molecule has 2 heterocycles. The molecule has 21 heavy (non-hydrogen) atoms. The molecule has 0 aromatic carbocycles. The predicted molar refractivity (Wildman–Crippen MR) is 87.4 cm³/mol. The Morgan fingerprint density at radius 2 is 1.86 bits per heavy atom. The van der Waals surface area contributed by atoms with E-state index >= 15 is 0 Å². The van der Waals surface area contributed by atoms with Crippen molar-refractivity contribution in [3.05, 3.63) is 0 Å². The Morgan fingerprint density at radius 1 is 1.10 bits per heavy atom. The summed E-state index contributed by atoms with van der Waals surface area (Å²) >= 11 is 0. The Kier molecular flexibility index (Phi) is 6.97. The van der Waals surface area contributed by atoms with Crippen LogP contribution in [0.4, 0.5) is 0 Å². The lowest BCUT2D eigenvalue weighted by Crippen LogP contribution is -2.47. The molecule has 0 radical (unpaired) electrons. The maximum Gasteiger partial charge on any atom is 0.237 e. The summed E-state index contributed by atoms with van der Waals surface area (Å²) in [5.74, 6) is 0.203. The molecule has 2 aliphatic rings. The van der Waals surface area contributed by atoms with Crippen LogP contribution in [0.2, 0.25) is 0 Å². The Hall–Kier alpha value is -0.610. The summed E-state index contributed by atoms with van der Waals surface area (Å²) < 4.78 is 0. The average molecular weight is 295 g/mol. The van der Waals surface area contributed by atoms with Crippen molar-refractivity contribution in [2.75, 3.05) is 19.6 Å². The fourth-order valence-corrected chi connectivity index (χ4v) is 3.75. The summed E-state index contributed by atoms with van der Waals surface area (Å²) in [4.78, 5) is 14.6. The highest BCUT2D eigenvalue weighted by Crippen LogP contribution is 2.22. The van der Waals surface area contributed by atoms with Gasteiger partial charge in [-0.3, -0.25) is 9.69 Å². The van der Waals surface area contributed by atoms with Crippen molar-refractivity contribution in [1.82, 2.24) is 15.5 Å². The summed E-state index contributed by atoms with van der Waals surface area (Å²) in [6.45, 7) is 7.70. The molecule has 2 fully saturated rings. The normalized spacial score (nSPS) is 31.0. The number of piperidine rings is 2. The van der Waals surface area contributed by atoms with Crippen LogP contribution in [0.5, 0.6) is 0 Å². The first-order chi connectivity index (χ1) is 10.2. The zero-order valence-corrected chi connectivity index (χ0v) is 13.9. The largest absolute Gasteiger partial charge is 0.355 e. The molecule has 2 N–H and O–H groups in total. The Bertz CT molecular complexity index is 305. The average Bonchev–Trinajstić information content (AvgIpc) is 2.50. The van der Waals surface area contributed by atoms with Gasteiger partial charge in [0, 0.05) is 18.6 Å². The van der Waals surface area contributed by atoms with E-state index in [0.717, 1.165) is 38.0 Å². The van der Waals surface area contributed by atoms with Gasteiger partial charge < -0.3 is 10.6 Å². The standard InChI is InChI=1S/C17H33N3O/c1-14-8-7-9-15(2)20(14)13-6-5-12-19-17(21)16-10-3-4-11-18-16/h14-16,18H,3-13H2,1-2H3,(H,19,21)/t14-,15+,16?. The molecule has 1 amide bonds. The number of carbonyl (C=O) groups is 1.